The van der Waals surface area contributed by atoms with E-state index in [4.69, 9.17) is 24.4 Å². The maximum absolute atomic E-state index is 5.18. The van der Waals surface area contributed by atoms with Crippen LogP contribution in [0.3, 0.4) is 0 Å². The Morgan fingerprint density at radius 2 is 1.27 bits per heavy atom. The quantitative estimate of drug-likeness (QED) is 0.580. The van der Waals surface area contributed by atoms with E-state index in [0.717, 1.165) is 9.28 Å². The molecule has 2 radical (unpaired) electrons. The first-order valence-corrected chi connectivity index (χ1v) is 5.28. The fourth-order valence-corrected chi connectivity index (χ4v) is 1.58. The van der Waals surface area contributed by atoms with Crippen LogP contribution in [0.25, 0.3) is 0 Å². The van der Waals surface area contributed by atoms with Gasteiger partial charge in [-0.1, -0.05) is 44.1 Å². The molecule has 0 saturated heterocycles. The third kappa shape index (κ3) is 2.43. The van der Waals surface area contributed by atoms with Gasteiger partial charge in [-0.3, -0.25) is 0 Å². The molecule has 15 heavy (non-hydrogen) atoms. The first-order valence-electron chi connectivity index (χ1n) is 4.47. The van der Waals surface area contributed by atoms with Gasteiger partial charge in [-0.05, 0) is 36.7 Å². The second-order valence-corrected chi connectivity index (χ2v) is 3.84. The number of pyridine rings is 2. The molecule has 0 unspecified atom stereocenters. The molecule has 0 bridgehead atoms. The van der Waals surface area contributed by atoms with Crippen LogP contribution in [-0.2, 0) is 0 Å². The van der Waals surface area contributed by atoms with Crippen molar-refractivity contribution in [1.29, 1.82) is 0 Å². The Bertz CT molecular complexity index is 522. The highest BCUT2D eigenvalue weighted by molar-refractivity contribution is 7.71. The Balaban J connectivity index is 2.39. The Morgan fingerprint density at radius 3 is 1.67 bits per heavy atom. The van der Waals surface area contributed by atoms with Crippen molar-refractivity contribution in [2.45, 2.75) is 0 Å². The summed E-state index contributed by atoms with van der Waals surface area (Å²) in [4.78, 5) is 0. The lowest BCUT2D eigenvalue weighted by atomic mass is 10.1. The second kappa shape index (κ2) is 4.55. The van der Waals surface area contributed by atoms with Crippen molar-refractivity contribution in [1.82, 2.24) is 8.96 Å². The topological polar surface area (TPSA) is 9.86 Å². The average Bonchev–Trinajstić information content (AvgIpc) is 2.24. The Labute approximate surface area is 99.1 Å². The van der Waals surface area contributed by atoms with Crippen LogP contribution in [0.5, 0.6) is 0 Å². The summed E-state index contributed by atoms with van der Waals surface area (Å²) in [7, 11) is 1.87. The first kappa shape index (κ1) is 10.3. The summed E-state index contributed by atoms with van der Waals surface area (Å²) in [5, 5.41) is 0. The van der Waals surface area contributed by atoms with Crippen LogP contribution in [-0.4, -0.2) is 16.5 Å². The smallest absolute Gasteiger partial charge is 0.0620 e. The van der Waals surface area contributed by atoms with Gasteiger partial charge in [0.25, 0.3) is 0 Å². The van der Waals surface area contributed by atoms with Gasteiger partial charge < -0.3 is 8.96 Å². The Kier molecular flexibility index (Phi) is 3.13. The van der Waals surface area contributed by atoms with Crippen molar-refractivity contribution in [3.8, 4) is 0 Å². The highest BCUT2D eigenvalue weighted by Gasteiger charge is 1.81. The normalized spacial score (nSPS) is 10.1. The molecule has 2 nitrogen and oxygen atoms in total. The zero-order valence-electron chi connectivity index (χ0n) is 7.91. The predicted molar refractivity (Wildman–Crippen MR) is 67.1 cm³/mol. The van der Waals surface area contributed by atoms with Crippen molar-refractivity contribution in [3.63, 3.8) is 0 Å². The number of nitrogens with zero attached hydrogens (tertiary/aromatic N) is 2. The van der Waals surface area contributed by atoms with Crippen LogP contribution in [0.1, 0.15) is 0 Å². The second-order valence-electron chi connectivity index (χ2n) is 3.01. The third-order valence-electron chi connectivity index (χ3n) is 1.95. The average molecular weight is 231 g/mol. The zero-order valence-corrected chi connectivity index (χ0v) is 9.54. The molecule has 5 heteroatoms. The highest BCUT2D eigenvalue weighted by atomic mass is 32.1. The van der Waals surface area contributed by atoms with Crippen molar-refractivity contribution in [2.75, 3.05) is 0 Å². The summed E-state index contributed by atoms with van der Waals surface area (Å²) >= 11 is 10.4. The lowest BCUT2D eigenvalue weighted by Crippen LogP contribution is -2.17. The van der Waals surface area contributed by atoms with Gasteiger partial charge in [-0.2, -0.15) is 0 Å². The molecule has 0 saturated carbocycles. The molecule has 2 aromatic rings. The van der Waals surface area contributed by atoms with E-state index in [9.17, 15) is 0 Å². The van der Waals surface area contributed by atoms with E-state index in [-0.39, 0.29) is 0 Å². The SMILES string of the molecule is S=c1ccccn1[B-]n1ccccc1=S. The van der Waals surface area contributed by atoms with E-state index in [1.54, 1.807) is 0 Å². The molecule has 0 fully saturated rings. The van der Waals surface area contributed by atoms with Crippen LogP contribution in [0.2, 0.25) is 0 Å². The fraction of sp³-hybridized carbons (Fsp3) is 0. The molecule has 0 amide bonds. The van der Waals surface area contributed by atoms with E-state index in [0.29, 0.717) is 0 Å². The molecule has 74 valence electrons. The van der Waals surface area contributed by atoms with E-state index in [1.807, 2.05) is 65.3 Å². The molecule has 0 aliphatic rings. The number of aromatic nitrogens is 2. The molecule has 0 N–H and O–H groups in total. The molecule has 0 atom stereocenters. The van der Waals surface area contributed by atoms with Crippen molar-refractivity contribution in [2.24, 2.45) is 0 Å². The van der Waals surface area contributed by atoms with Crippen molar-refractivity contribution < 1.29 is 0 Å². The van der Waals surface area contributed by atoms with Crippen LogP contribution in [0, 0.1) is 9.28 Å². The standard InChI is InChI=1S/C10H8BN2S2/c14-9-5-1-3-7-12(9)11-13-8-4-2-6-10(13)15/h1-8H/q-1. The molecular weight excluding hydrogens is 223 g/mol. The number of hydrogen-bond donors (Lipinski definition) is 0. The minimum Gasteiger partial charge on any atom is -0.556 e. The molecule has 2 rings (SSSR count). The summed E-state index contributed by atoms with van der Waals surface area (Å²) in [5.74, 6) is 0. The molecule has 2 heterocycles. The third-order valence-corrected chi connectivity index (χ3v) is 2.64. The van der Waals surface area contributed by atoms with Crippen LogP contribution >= 0.6 is 24.4 Å². The lowest BCUT2D eigenvalue weighted by Gasteiger charge is -2.25. The minimum atomic E-state index is 0.753. The van der Waals surface area contributed by atoms with Crippen molar-refractivity contribution >= 4 is 32.0 Å². The van der Waals surface area contributed by atoms with Crippen LogP contribution in [0.15, 0.2) is 48.8 Å². The molecule has 0 aliphatic heterocycles. The molecule has 2 aromatic heterocycles. The molecule has 0 aromatic carbocycles. The molecular formula is C10H8BN2S2-. The van der Waals surface area contributed by atoms with Crippen molar-refractivity contribution in [3.05, 3.63) is 58.1 Å². The highest BCUT2D eigenvalue weighted by Crippen LogP contribution is 1.95. The van der Waals surface area contributed by atoms with Gasteiger partial charge in [0.15, 0.2) is 0 Å². The maximum atomic E-state index is 5.18. The number of hydrogen-bond acceptors (Lipinski definition) is 2. The van der Waals surface area contributed by atoms with E-state index < -0.39 is 0 Å². The van der Waals surface area contributed by atoms with Gasteiger partial charge in [-0.25, -0.2) is 0 Å². The van der Waals surface area contributed by atoms with Gasteiger partial charge in [-0.15, -0.1) is 0 Å². The summed E-state index contributed by atoms with van der Waals surface area (Å²) in [6.07, 6.45) is 3.80. The van der Waals surface area contributed by atoms with E-state index in [2.05, 4.69) is 0 Å². The van der Waals surface area contributed by atoms with Crippen LogP contribution < -0.4 is 0 Å². The minimum absolute atomic E-state index is 0.753. The molecule has 0 spiro atoms. The predicted octanol–water partition coefficient (Wildman–Crippen LogP) is 2.68. The van der Waals surface area contributed by atoms with Gasteiger partial charge in [0.05, 0.1) is 9.28 Å². The summed E-state index contributed by atoms with van der Waals surface area (Å²) in [5.41, 5.74) is 0. The van der Waals surface area contributed by atoms with E-state index >= 15 is 0 Å². The van der Waals surface area contributed by atoms with Gasteiger partial charge in [0.2, 0.25) is 0 Å². The summed E-state index contributed by atoms with van der Waals surface area (Å²) < 4.78 is 5.21. The maximum Gasteiger partial charge on any atom is 0.0620 e. The van der Waals surface area contributed by atoms with Gasteiger partial charge in [0, 0.05) is 0 Å². The summed E-state index contributed by atoms with van der Waals surface area (Å²) in [6, 6.07) is 11.4. The number of rotatable bonds is 2. The molecule has 0 aliphatic carbocycles. The van der Waals surface area contributed by atoms with Crippen LogP contribution in [0.4, 0.5) is 0 Å². The van der Waals surface area contributed by atoms with Gasteiger partial charge >= 0.3 is 0 Å². The lowest BCUT2D eigenvalue weighted by molar-refractivity contribution is 1.05. The summed E-state index contributed by atoms with van der Waals surface area (Å²) in [6.45, 7) is 0. The zero-order chi connectivity index (χ0) is 10.7. The fourth-order valence-electron chi connectivity index (χ4n) is 1.20. The Hall–Kier alpha value is -1.20. The largest absolute Gasteiger partial charge is 0.556 e. The Morgan fingerprint density at radius 1 is 0.800 bits per heavy atom. The van der Waals surface area contributed by atoms with Gasteiger partial charge in [0.1, 0.15) is 0 Å². The first-order chi connectivity index (χ1) is 7.27. The van der Waals surface area contributed by atoms with E-state index in [1.165, 1.54) is 0 Å². The monoisotopic (exact) mass is 231 g/mol.